The Labute approximate surface area is 171 Å². The fourth-order valence-corrected chi connectivity index (χ4v) is 3.54. The standard InChI is InChI=1S/C22H26ClN3O2/c1-16(24-22(28)14-17-7-9-18(23)10-8-17)13-21(27)25-19-5-4-6-20(15-19)26-11-2-3-12-26/h4-10,15-16H,2-3,11-14H2,1H3,(H,24,28)(H,25,27). The molecule has 1 aliphatic rings. The summed E-state index contributed by atoms with van der Waals surface area (Å²) in [7, 11) is 0. The van der Waals surface area contributed by atoms with Crippen LogP contribution < -0.4 is 15.5 Å². The van der Waals surface area contributed by atoms with Crippen LogP contribution >= 0.6 is 11.6 Å². The maximum absolute atomic E-state index is 12.3. The van der Waals surface area contributed by atoms with Gasteiger partial charge in [0.2, 0.25) is 11.8 Å². The van der Waals surface area contributed by atoms with E-state index in [1.165, 1.54) is 12.8 Å². The third-order valence-electron chi connectivity index (χ3n) is 4.78. The molecule has 28 heavy (non-hydrogen) atoms. The molecule has 5 nitrogen and oxygen atoms in total. The van der Waals surface area contributed by atoms with Gasteiger partial charge in [0.15, 0.2) is 0 Å². The number of hydrogen-bond donors (Lipinski definition) is 2. The number of benzene rings is 2. The summed E-state index contributed by atoms with van der Waals surface area (Å²) in [5.74, 6) is -0.225. The SMILES string of the molecule is CC(CC(=O)Nc1cccc(N2CCCC2)c1)NC(=O)Cc1ccc(Cl)cc1. The second kappa shape index (κ2) is 9.60. The number of rotatable bonds is 7. The molecule has 2 aromatic carbocycles. The van der Waals surface area contributed by atoms with Gasteiger partial charge in [-0.05, 0) is 55.7 Å². The molecule has 0 spiro atoms. The van der Waals surface area contributed by atoms with Crippen LogP contribution in [0.2, 0.25) is 5.02 Å². The molecule has 2 amide bonds. The lowest BCUT2D eigenvalue weighted by Gasteiger charge is -2.19. The van der Waals surface area contributed by atoms with Crippen LogP contribution in [-0.4, -0.2) is 30.9 Å². The maximum atomic E-state index is 12.3. The van der Waals surface area contributed by atoms with Crippen molar-refractivity contribution in [3.63, 3.8) is 0 Å². The summed E-state index contributed by atoms with van der Waals surface area (Å²) >= 11 is 5.86. The van der Waals surface area contributed by atoms with Crippen molar-refractivity contribution >= 4 is 34.8 Å². The van der Waals surface area contributed by atoms with Crippen LogP contribution in [-0.2, 0) is 16.0 Å². The molecule has 1 atom stereocenters. The summed E-state index contributed by atoms with van der Waals surface area (Å²) < 4.78 is 0. The highest BCUT2D eigenvalue weighted by molar-refractivity contribution is 6.30. The van der Waals surface area contributed by atoms with Gasteiger partial charge in [-0.15, -0.1) is 0 Å². The lowest BCUT2D eigenvalue weighted by Crippen LogP contribution is -2.36. The molecule has 2 aromatic rings. The molecule has 0 bridgehead atoms. The minimum atomic E-state index is -0.249. The van der Waals surface area contributed by atoms with E-state index in [1.54, 1.807) is 12.1 Å². The Hall–Kier alpha value is -2.53. The van der Waals surface area contributed by atoms with Crippen LogP contribution in [0.1, 0.15) is 31.7 Å². The molecule has 6 heteroatoms. The van der Waals surface area contributed by atoms with Crippen LogP contribution in [0.5, 0.6) is 0 Å². The molecule has 3 rings (SSSR count). The van der Waals surface area contributed by atoms with E-state index < -0.39 is 0 Å². The first-order chi connectivity index (χ1) is 13.5. The van der Waals surface area contributed by atoms with E-state index in [-0.39, 0.29) is 30.7 Å². The van der Waals surface area contributed by atoms with Crippen molar-refractivity contribution in [2.24, 2.45) is 0 Å². The summed E-state index contributed by atoms with van der Waals surface area (Å²) in [6, 6.07) is 14.9. The fourth-order valence-electron chi connectivity index (χ4n) is 3.41. The predicted molar refractivity (Wildman–Crippen MR) is 114 cm³/mol. The maximum Gasteiger partial charge on any atom is 0.226 e. The van der Waals surface area contributed by atoms with E-state index in [1.807, 2.05) is 37.3 Å². The fraction of sp³-hybridized carbons (Fsp3) is 0.364. The molecule has 148 valence electrons. The zero-order chi connectivity index (χ0) is 19.9. The van der Waals surface area contributed by atoms with Gasteiger partial charge >= 0.3 is 0 Å². The quantitative estimate of drug-likeness (QED) is 0.739. The van der Waals surface area contributed by atoms with Crippen molar-refractivity contribution in [1.82, 2.24) is 5.32 Å². The van der Waals surface area contributed by atoms with Gasteiger partial charge in [-0.25, -0.2) is 0 Å². The molecular formula is C22H26ClN3O2. The van der Waals surface area contributed by atoms with Crippen molar-refractivity contribution in [3.8, 4) is 0 Å². The average Bonchev–Trinajstić information content (AvgIpc) is 3.18. The summed E-state index contributed by atoms with van der Waals surface area (Å²) in [4.78, 5) is 26.8. The van der Waals surface area contributed by atoms with Gasteiger partial charge in [0.1, 0.15) is 0 Å². The topological polar surface area (TPSA) is 61.4 Å². The number of carbonyl (C=O) groups is 2. The Morgan fingerprint density at radius 3 is 2.50 bits per heavy atom. The Morgan fingerprint density at radius 2 is 1.79 bits per heavy atom. The predicted octanol–water partition coefficient (Wildman–Crippen LogP) is 4.02. The van der Waals surface area contributed by atoms with Crippen molar-refractivity contribution in [2.75, 3.05) is 23.3 Å². The zero-order valence-electron chi connectivity index (χ0n) is 16.1. The van der Waals surface area contributed by atoms with Crippen molar-refractivity contribution in [2.45, 2.75) is 38.6 Å². The number of anilines is 2. The number of carbonyl (C=O) groups excluding carboxylic acids is 2. The van der Waals surface area contributed by atoms with Crippen molar-refractivity contribution in [3.05, 3.63) is 59.1 Å². The Balaban J connectivity index is 1.46. The van der Waals surface area contributed by atoms with E-state index in [0.717, 1.165) is 30.0 Å². The van der Waals surface area contributed by atoms with Crippen LogP contribution in [0.4, 0.5) is 11.4 Å². The van der Waals surface area contributed by atoms with Gasteiger partial charge < -0.3 is 15.5 Å². The second-order valence-electron chi connectivity index (χ2n) is 7.27. The zero-order valence-corrected chi connectivity index (χ0v) is 16.8. The number of amides is 2. The Bertz CT molecular complexity index is 817. The second-order valence-corrected chi connectivity index (χ2v) is 7.71. The molecule has 0 aliphatic carbocycles. The minimum absolute atomic E-state index is 0.112. The largest absolute Gasteiger partial charge is 0.371 e. The molecule has 1 saturated heterocycles. The molecule has 1 unspecified atom stereocenters. The van der Waals surface area contributed by atoms with E-state index in [4.69, 9.17) is 11.6 Å². The summed E-state index contributed by atoms with van der Waals surface area (Å²) in [6.07, 6.45) is 2.91. The summed E-state index contributed by atoms with van der Waals surface area (Å²) in [6.45, 7) is 3.96. The third-order valence-corrected chi connectivity index (χ3v) is 5.03. The highest BCUT2D eigenvalue weighted by atomic mass is 35.5. The number of halogens is 1. The highest BCUT2D eigenvalue weighted by Crippen LogP contribution is 2.23. The van der Waals surface area contributed by atoms with E-state index in [0.29, 0.717) is 5.02 Å². The smallest absolute Gasteiger partial charge is 0.226 e. The van der Waals surface area contributed by atoms with E-state index in [9.17, 15) is 9.59 Å². The van der Waals surface area contributed by atoms with Crippen LogP contribution in [0, 0.1) is 0 Å². The number of hydrogen-bond acceptors (Lipinski definition) is 3. The third kappa shape index (κ3) is 5.99. The lowest BCUT2D eigenvalue weighted by atomic mass is 10.1. The molecule has 1 fully saturated rings. The summed E-state index contributed by atoms with van der Waals surface area (Å²) in [5, 5.41) is 6.45. The van der Waals surface area contributed by atoms with Gasteiger partial charge in [-0.1, -0.05) is 29.8 Å². The monoisotopic (exact) mass is 399 g/mol. The normalized spacial score (nSPS) is 14.6. The Kier molecular flexibility index (Phi) is 6.93. The summed E-state index contributed by atoms with van der Waals surface area (Å²) in [5.41, 5.74) is 2.81. The van der Waals surface area contributed by atoms with Crippen molar-refractivity contribution < 1.29 is 9.59 Å². The first-order valence-electron chi connectivity index (χ1n) is 9.68. The molecule has 1 aliphatic heterocycles. The van der Waals surface area contributed by atoms with E-state index >= 15 is 0 Å². The van der Waals surface area contributed by atoms with E-state index in [2.05, 4.69) is 21.6 Å². The molecular weight excluding hydrogens is 374 g/mol. The molecule has 0 aromatic heterocycles. The number of nitrogens with one attached hydrogen (secondary N) is 2. The molecule has 1 heterocycles. The first kappa shape index (κ1) is 20.2. The molecule has 0 saturated carbocycles. The van der Waals surface area contributed by atoms with Crippen LogP contribution in [0.25, 0.3) is 0 Å². The Morgan fingerprint density at radius 1 is 1.07 bits per heavy atom. The number of nitrogens with zero attached hydrogens (tertiary/aromatic N) is 1. The van der Waals surface area contributed by atoms with Gasteiger partial charge in [0.25, 0.3) is 0 Å². The first-order valence-corrected chi connectivity index (χ1v) is 10.1. The average molecular weight is 400 g/mol. The molecule has 2 N–H and O–H groups in total. The van der Waals surface area contributed by atoms with Gasteiger partial charge in [0, 0.05) is 41.9 Å². The van der Waals surface area contributed by atoms with Crippen LogP contribution in [0.3, 0.4) is 0 Å². The van der Waals surface area contributed by atoms with Gasteiger partial charge in [0.05, 0.1) is 6.42 Å². The van der Waals surface area contributed by atoms with Gasteiger partial charge in [-0.2, -0.15) is 0 Å². The highest BCUT2D eigenvalue weighted by Gasteiger charge is 2.15. The van der Waals surface area contributed by atoms with Crippen LogP contribution in [0.15, 0.2) is 48.5 Å². The van der Waals surface area contributed by atoms with Gasteiger partial charge in [-0.3, -0.25) is 9.59 Å². The minimum Gasteiger partial charge on any atom is -0.371 e. The molecule has 0 radical (unpaired) electrons. The lowest BCUT2D eigenvalue weighted by molar-refractivity contribution is -0.121. The van der Waals surface area contributed by atoms with Crippen molar-refractivity contribution in [1.29, 1.82) is 0 Å².